The number of hydrogen-bond acceptors (Lipinski definition) is 4. The zero-order valence-electron chi connectivity index (χ0n) is 27.2. The van der Waals surface area contributed by atoms with E-state index in [-0.39, 0.29) is 11.9 Å². The average Bonchev–Trinajstić information content (AvgIpc) is 3.56. The van der Waals surface area contributed by atoms with Crippen LogP contribution in [0.25, 0.3) is 22.2 Å². The summed E-state index contributed by atoms with van der Waals surface area (Å²) >= 11 is 0. The molecule has 7 aromatic rings. The fourth-order valence-electron chi connectivity index (χ4n) is 7.38. The zero-order chi connectivity index (χ0) is 33.0. The summed E-state index contributed by atoms with van der Waals surface area (Å²) in [6, 6.07) is 52.1. The van der Waals surface area contributed by atoms with Gasteiger partial charge in [0.2, 0.25) is 0 Å². The highest BCUT2D eigenvalue weighted by Crippen LogP contribution is 2.44. The van der Waals surface area contributed by atoms with Crippen LogP contribution >= 0.6 is 0 Å². The van der Waals surface area contributed by atoms with Crippen molar-refractivity contribution in [3.05, 3.63) is 186 Å². The molecule has 6 heteroatoms. The molecular weight excluding hydrogens is 603 g/mol. The average molecular weight is 640 g/mol. The number of amides is 1. The van der Waals surface area contributed by atoms with Crippen molar-refractivity contribution < 1.29 is 4.79 Å². The summed E-state index contributed by atoms with van der Waals surface area (Å²) in [6.45, 7) is 1.77. The summed E-state index contributed by atoms with van der Waals surface area (Å²) in [7, 11) is 0. The zero-order valence-corrected chi connectivity index (χ0v) is 27.2. The molecule has 0 unspecified atom stereocenters. The number of para-hydroxylation sites is 1. The summed E-state index contributed by atoms with van der Waals surface area (Å²) in [5.74, 6) is -0.0734. The van der Waals surface area contributed by atoms with Gasteiger partial charge < -0.3 is 10.2 Å². The number of benzene rings is 5. The second-order valence-electron chi connectivity index (χ2n) is 12.6. The van der Waals surface area contributed by atoms with E-state index in [2.05, 4.69) is 123 Å². The van der Waals surface area contributed by atoms with Crippen molar-refractivity contribution in [1.82, 2.24) is 20.1 Å². The van der Waals surface area contributed by atoms with Crippen LogP contribution in [0.3, 0.4) is 0 Å². The van der Waals surface area contributed by atoms with Crippen molar-refractivity contribution in [2.24, 2.45) is 0 Å². The molecule has 1 saturated heterocycles. The van der Waals surface area contributed by atoms with Crippen LogP contribution in [0.15, 0.2) is 164 Å². The Hall–Kier alpha value is -6.01. The third-order valence-corrected chi connectivity index (χ3v) is 9.67. The minimum Gasteiger partial charge on any atom is -0.369 e. The molecule has 5 aromatic carbocycles. The second kappa shape index (κ2) is 13.2. The normalized spacial score (nSPS) is 14.9. The van der Waals surface area contributed by atoms with E-state index in [9.17, 15) is 4.79 Å². The predicted octanol–water partition coefficient (Wildman–Crippen LogP) is 8.34. The number of nitrogens with one attached hydrogen (secondary N) is 1. The van der Waals surface area contributed by atoms with E-state index in [0.29, 0.717) is 5.56 Å². The molecule has 1 fully saturated rings. The lowest BCUT2D eigenvalue weighted by atomic mass is 9.77. The van der Waals surface area contributed by atoms with Gasteiger partial charge in [0.15, 0.2) is 0 Å². The van der Waals surface area contributed by atoms with Gasteiger partial charge in [-0.05, 0) is 72.0 Å². The van der Waals surface area contributed by atoms with Crippen LogP contribution in [0.1, 0.15) is 39.9 Å². The van der Waals surface area contributed by atoms with Gasteiger partial charge in [0.05, 0.1) is 5.52 Å². The van der Waals surface area contributed by atoms with Crippen molar-refractivity contribution in [2.45, 2.75) is 24.4 Å². The van der Waals surface area contributed by atoms with Crippen molar-refractivity contribution in [1.29, 1.82) is 0 Å². The van der Waals surface area contributed by atoms with Gasteiger partial charge in [-0.15, -0.1) is 0 Å². The molecule has 49 heavy (non-hydrogen) atoms. The Morgan fingerprint density at radius 1 is 0.694 bits per heavy atom. The topological polar surface area (TPSA) is 63.1 Å². The maximum absolute atomic E-state index is 13.9. The molecule has 0 aliphatic carbocycles. The van der Waals surface area contributed by atoms with Crippen LogP contribution in [-0.4, -0.2) is 39.8 Å². The fourth-order valence-corrected chi connectivity index (χ4v) is 7.38. The highest BCUT2D eigenvalue weighted by molar-refractivity contribution is 6.02. The van der Waals surface area contributed by atoms with E-state index >= 15 is 0 Å². The molecule has 1 aliphatic heterocycles. The summed E-state index contributed by atoms with van der Waals surface area (Å²) in [5.41, 5.74) is 6.91. The molecule has 0 bridgehead atoms. The van der Waals surface area contributed by atoms with Crippen LogP contribution in [0, 0.1) is 0 Å². The second-order valence-corrected chi connectivity index (χ2v) is 12.6. The lowest BCUT2D eigenvalue weighted by Gasteiger charge is -2.37. The Kier molecular flexibility index (Phi) is 8.20. The van der Waals surface area contributed by atoms with Crippen molar-refractivity contribution in [3.63, 3.8) is 0 Å². The maximum atomic E-state index is 13.9. The minimum atomic E-state index is -0.805. The van der Waals surface area contributed by atoms with E-state index in [4.69, 9.17) is 5.10 Å². The third kappa shape index (κ3) is 5.65. The molecule has 240 valence electrons. The fraction of sp³-hybridized carbons (Fsp3) is 0.140. The number of fused-ring (bicyclic) bond motifs is 1. The summed E-state index contributed by atoms with van der Waals surface area (Å²) in [5, 5.41) is 9.73. The van der Waals surface area contributed by atoms with Crippen LogP contribution in [0.5, 0.6) is 0 Å². The Morgan fingerprint density at radius 2 is 1.27 bits per heavy atom. The number of carbonyl (C=O) groups is 1. The van der Waals surface area contributed by atoms with Crippen molar-refractivity contribution in [2.75, 3.05) is 18.0 Å². The quantitative estimate of drug-likeness (QED) is 0.170. The molecule has 8 rings (SSSR count). The van der Waals surface area contributed by atoms with Crippen LogP contribution in [0.2, 0.25) is 0 Å². The van der Waals surface area contributed by atoms with Crippen molar-refractivity contribution in [3.8, 4) is 11.3 Å². The van der Waals surface area contributed by atoms with Crippen LogP contribution < -0.4 is 10.2 Å². The molecule has 1 N–H and O–H groups in total. The largest absolute Gasteiger partial charge is 0.369 e. The van der Waals surface area contributed by atoms with Crippen molar-refractivity contribution >= 4 is 22.5 Å². The summed E-state index contributed by atoms with van der Waals surface area (Å²) < 4.78 is 2.15. The highest BCUT2D eigenvalue weighted by Gasteiger charge is 2.41. The molecule has 0 spiro atoms. The predicted molar refractivity (Wildman–Crippen MR) is 197 cm³/mol. The number of anilines is 1. The summed E-state index contributed by atoms with van der Waals surface area (Å²) in [4.78, 5) is 20.6. The number of aromatic nitrogens is 3. The molecule has 0 radical (unpaired) electrons. The lowest BCUT2D eigenvalue weighted by molar-refractivity contribution is 0.0933. The van der Waals surface area contributed by atoms with Gasteiger partial charge in [-0.25, -0.2) is 4.68 Å². The van der Waals surface area contributed by atoms with Crippen LogP contribution in [-0.2, 0) is 5.54 Å². The first-order valence-corrected chi connectivity index (χ1v) is 16.9. The molecular formula is C43H37N5O. The van der Waals surface area contributed by atoms with Gasteiger partial charge in [0, 0.05) is 53.7 Å². The first kappa shape index (κ1) is 30.3. The summed E-state index contributed by atoms with van der Waals surface area (Å²) in [6.07, 6.45) is 5.55. The Labute approximate surface area is 286 Å². The van der Waals surface area contributed by atoms with E-state index in [1.165, 1.54) is 5.69 Å². The number of carbonyl (C=O) groups excluding carboxylic acids is 1. The Morgan fingerprint density at radius 3 is 1.86 bits per heavy atom. The number of piperidine rings is 1. The molecule has 0 saturated carbocycles. The van der Waals surface area contributed by atoms with Gasteiger partial charge in [0.25, 0.3) is 5.91 Å². The van der Waals surface area contributed by atoms with Gasteiger partial charge in [0.1, 0.15) is 11.2 Å². The number of nitrogens with zero attached hydrogens (tertiary/aromatic N) is 4. The van der Waals surface area contributed by atoms with E-state index < -0.39 is 5.54 Å². The van der Waals surface area contributed by atoms with Crippen LogP contribution in [0.4, 0.5) is 5.69 Å². The van der Waals surface area contributed by atoms with Gasteiger partial charge in [-0.1, -0.05) is 109 Å². The van der Waals surface area contributed by atoms with E-state index in [1.54, 1.807) is 12.4 Å². The third-order valence-electron chi connectivity index (χ3n) is 9.67. The first-order chi connectivity index (χ1) is 24.2. The minimum absolute atomic E-state index is 0.0569. The molecule has 6 nitrogen and oxygen atoms in total. The molecule has 2 aromatic heterocycles. The molecule has 1 amide bonds. The monoisotopic (exact) mass is 639 g/mol. The van der Waals surface area contributed by atoms with Gasteiger partial charge >= 0.3 is 0 Å². The van der Waals surface area contributed by atoms with E-state index in [0.717, 1.165) is 64.8 Å². The maximum Gasteiger partial charge on any atom is 0.251 e. The Balaban J connectivity index is 1.28. The number of rotatable bonds is 8. The Bertz CT molecular complexity index is 2070. The smallest absolute Gasteiger partial charge is 0.251 e. The first-order valence-electron chi connectivity index (χ1n) is 16.9. The standard InChI is InChI=1S/C43H37N5O/c49-42(45-37-20-13-29-47(31-37)38-21-11-4-12-22-38)33-23-24-40-39(30-33)41(32-25-27-44-28-26-32)46-48(40)43(34-14-5-1-6-15-34,35-16-7-2-8-17-35)36-18-9-3-10-19-36/h1-12,14-19,21-28,30,37H,13,20,29,31H2,(H,45,49)/t37-/m1/s1. The van der Waals surface area contributed by atoms with Gasteiger partial charge in [-0.3, -0.25) is 9.78 Å². The van der Waals surface area contributed by atoms with E-state index in [1.807, 2.05) is 48.5 Å². The SMILES string of the molecule is O=C(N[C@@H]1CCCN(c2ccccc2)C1)c1ccc2c(c1)c(-c1ccncc1)nn2C(c1ccccc1)(c1ccccc1)c1ccccc1. The van der Waals surface area contributed by atoms with Gasteiger partial charge in [-0.2, -0.15) is 5.10 Å². The number of pyridine rings is 1. The molecule has 3 heterocycles. The molecule has 1 atom stereocenters. The number of hydrogen-bond donors (Lipinski definition) is 1. The molecule has 1 aliphatic rings. The highest BCUT2D eigenvalue weighted by atomic mass is 16.1. The lowest BCUT2D eigenvalue weighted by Crippen LogP contribution is -2.47.